The second-order valence-electron chi connectivity index (χ2n) is 5.74. The Morgan fingerprint density at radius 3 is 2.92 bits per heavy atom. The Morgan fingerprint density at radius 1 is 1.38 bits per heavy atom. The van der Waals surface area contributed by atoms with Crippen molar-refractivity contribution in [3.8, 4) is 0 Å². The monoisotopic (exact) mass is 349 g/mol. The Labute approximate surface area is 143 Å². The number of carbonyl (C=O) groups is 2. The molecule has 2 heterocycles. The summed E-state index contributed by atoms with van der Waals surface area (Å²) in [4.78, 5) is 28.9. The first-order valence-corrected chi connectivity index (χ1v) is 8.71. The summed E-state index contributed by atoms with van der Waals surface area (Å²) in [6.07, 6.45) is 9.47. The maximum absolute atomic E-state index is 12.1. The minimum atomic E-state index is -0.585. The zero-order chi connectivity index (χ0) is 16.9. The number of anilines is 1. The van der Waals surface area contributed by atoms with Crippen LogP contribution in [0.1, 0.15) is 53.4 Å². The summed E-state index contributed by atoms with van der Waals surface area (Å²) in [5.41, 5.74) is 0.0686. The predicted octanol–water partition coefficient (Wildman–Crippen LogP) is 2.21. The van der Waals surface area contributed by atoms with E-state index in [9.17, 15) is 9.59 Å². The highest BCUT2D eigenvalue weighted by Crippen LogP contribution is 2.36. The zero-order valence-corrected chi connectivity index (χ0v) is 14.2. The molecular weight excluding hydrogens is 330 g/mol. The lowest BCUT2D eigenvalue weighted by Gasteiger charge is -2.19. The van der Waals surface area contributed by atoms with Gasteiger partial charge in [0.15, 0.2) is 10.8 Å². The van der Waals surface area contributed by atoms with Gasteiger partial charge < -0.3 is 10.1 Å². The lowest BCUT2D eigenvalue weighted by Crippen LogP contribution is -2.19. The molecule has 8 nitrogen and oxygen atoms in total. The van der Waals surface area contributed by atoms with E-state index < -0.39 is 5.97 Å². The Kier molecular flexibility index (Phi) is 5.19. The fourth-order valence-electron chi connectivity index (χ4n) is 2.80. The largest absolute Gasteiger partial charge is 0.464 e. The van der Waals surface area contributed by atoms with Crippen molar-refractivity contribution < 1.29 is 14.3 Å². The van der Waals surface area contributed by atoms with Crippen molar-refractivity contribution in [3.05, 3.63) is 23.0 Å². The van der Waals surface area contributed by atoms with Crippen LogP contribution in [0.4, 0.5) is 5.13 Å². The SMILES string of the molecule is COC(=O)c1cn(CC(=O)Nc2ncc(C3CCCCC3)s2)nn1. The Hall–Kier alpha value is -2.29. The molecule has 2 aromatic rings. The molecule has 1 saturated carbocycles. The maximum Gasteiger partial charge on any atom is 0.360 e. The van der Waals surface area contributed by atoms with Crippen LogP contribution in [-0.2, 0) is 16.1 Å². The molecule has 0 radical (unpaired) electrons. The van der Waals surface area contributed by atoms with Crippen LogP contribution in [0.3, 0.4) is 0 Å². The summed E-state index contributed by atoms with van der Waals surface area (Å²) < 4.78 is 5.84. The Morgan fingerprint density at radius 2 is 2.17 bits per heavy atom. The number of hydrogen-bond donors (Lipinski definition) is 1. The van der Waals surface area contributed by atoms with Crippen LogP contribution in [-0.4, -0.2) is 39.0 Å². The molecule has 1 amide bonds. The molecular formula is C15H19N5O3S. The van der Waals surface area contributed by atoms with E-state index in [-0.39, 0.29) is 18.1 Å². The fourth-order valence-corrected chi connectivity index (χ4v) is 3.80. The van der Waals surface area contributed by atoms with E-state index in [4.69, 9.17) is 0 Å². The number of methoxy groups -OCH3 is 1. The Bertz CT molecular complexity index is 720. The van der Waals surface area contributed by atoms with Crippen LogP contribution in [0.2, 0.25) is 0 Å². The highest BCUT2D eigenvalue weighted by molar-refractivity contribution is 7.15. The van der Waals surface area contributed by atoms with Crippen molar-refractivity contribution in [1.82, 2.24) is 20.0 Å². The molecule has 0 unspecified atom stereocenters. The first kappa shape index (κ1) is 16.6. The fraction of sp³-hybridized carbons (Fsp3) is 0.533. The Balaban J connectivity index is 1.56. The van der Waals surface area contributed by atoms with E-state index >= 15 is 0 Å². The van der Waals surface area contributed by atoms with Crippen molar-refractivity contribution in [2.45, 2.75) is 44.6 Å². The number of esters is 1. The number of aromatic nitrogens is 4. The maximum atomic E-state index is 12.1. The number of nitrogens with one attached hydrogen (secondary N) is 1. The first-order valence-electron chi connectivity index (χ1n) is 7.89. The quantitative estimate of drug-likeness (QED) is 0.831. The van der Waals surface area contributed by atoms with E-state index in [1.54, 1.807) is 0 Å². The molecule has 0 aliphatic heterocycles. The number of ether oxygens (including phenoxy) is 1. The van der Waals surface area contributed by atoms with Gasteiger partial charge >= 0.3 is 5.97 Å². The van der Waals surface area contributed by atoms with Gasteiger partial charge in [0.2, 0.25) is 5.91 Å². The van der Waals surface area contributed by atoms with Crippen molar-refractivity contribution in [3.63, 3.8) is 0 Å². The van der Waals surface area contributed by atoms with Gasteiger partial charge in [0, 0.05) is 11.1 Å². The van der Waals surface area contributed by atoms with Gasteiger partial charge in [-0.15, -0.1) is 16.4 Å². The van der Waals surface area contributed by atoms with Gasteiger partial charge in [0.05, 0.1) is 13.3 Å². The number of amides is 1. The third kappa shape index (κ3) is 3.97. The van der Waals surface area contributed by atoms with E-state index in [2.05, 4.69) is 25.3 Å². The smallest absolute Gasteiger partial charge is 0.360 e. The van der Waals surface area contributed by atoms with Gasteiger partial charge in [0.1, 0.15) is 6.54 Å². The highest BCUT2D eigenvalue weighted by Gasteiger charge is 2.19. The average Bonchev–Trinajstić information content (AvgIpc) is 3.24. The van der Waals surface area contributed by atoms with Crippen LogP contribution >= 0.6 is 11.3 Å². The van der Waals surface area contributed by atoms with Gasteiger partial charge in [-0.3, -0.25) is 4.79 Å². The first-order chi connectivity index (χ1) is 11.7. The second kappa shape index (κ2) is 7.52. The normalized spacial score (nSPS) is 15.2. The van der Waals surface area contributed by atoms with Gasteiger partial charge in [0.25, 0.3) is 0 Å². The lowest BCUT2D eigenvalue weighted by molar-refractivity contribution is -0.116. The molecule has 1 N–H and O–H groups in total. The molecule has 3 rings (SSSR count). The zero-order valence-electron chi connectivity index (χ0n) is 13.4. The van der Waals surface area contributed by atoms with E-state index in [1.165, 1.54) is 66.3 Å². The van der Waals surface area contributed by atoms with Crippen LogP contribution in [0.25, 0.3) is 0 Å². The van der Waals surface area contributed by atoms with Gasteiger partial charge in [-0.1, -0.05) is 24.5 Å². The summed E-state index contributed by atoms with van der Waals surface area (Å²) >= 11 is 1.53. The second-order valence-corrected chi connectivity index (χ2v) is 6.81. The molecule has 1 aliphatic carbocycles. The van der Waals surface area contributed by atoms with Crippen LogP contribution in [0.15, 0.2) is 12.4 Å². The van der Waals surface area contributed by atoms with Gasteiger partial charge in [-0.2, -0.15) is 0 Å². The molecule has 0 bridgehead atoms. The highest BCUT2D eigenvalue weighted by atomic mass is 32.1. The molecule has 24 heavy (non-hydrogen) atoms. The minimum Gasteiger partial charge on any atom is -0.464 e. The van der Waals surface area contributed by atoms with Crippen molar-refractivity contribution in [2.75, 3.05) is 12.4 Å². The van der Waals surface area contributed by atoms with Crippen molar-refractivity contribution >= 4 is 28.3 Å². The van der Waals surface area contributed by atoms with E-state index in [1.807, 2.05) is 6.20 Å². The molecule has 0 spiro atoms. The van der Waals surface area contributed by atoms with Gasteiger partial charge in [-0.05, 0) is 18.8 Å². The summed E-state index contributed by atoms with van der Waals surface area (Å²) in [5.74, 6) is -0.278. The molecule has 0 aromatic carbocycles. The summed E-state index contributed by atoms with van der Waals surface area (Å²) in [7, 11) is 1.26. The predicted molar refractivity (Wildman–Crippen MR) is 87.9 cm³/mol. The molecule has 0 saturated heterocycles. The van der Waals surface area contributed by atoms with E-state index in [0.717, 1.165) is 0 Å². The topological polar surface area (TPSA) is 99.0 Å². The third-order valence-corrected chi connectivity index (χ3v) is 5.09. The number of rotatable bonds is 5. The molecule has 9 heteroatoms. The number of carbonyl (C=O) groups excluding carboxylic acids is 2. The van der Waals surface area contributed by atoms with Crippen molar-refractivity contribution in [1.29, 1.82) is 0 Å². The van der Waals surface area contributed by atoms with Gasteiger partial charge in [-0.25, -0.2) is 14.5 Å². The minimum absolute atomic E-state index is 0.0393. The van der Waals surface area contributed by atoms with Crippen molar-refractivity contribution in [2.24, 2.45) is 0 Å². The molecule has 0 atom stereocenters. The van der Waals surface area contributed by atoms with Crippen LogP contribution < -0.4 is 5.32 Å². The van der Waals surface area contributed by atoms with E-state index in [0.29, 0.717) is 11.0 Å². The summed E-state index contributed by atoms with van der Waals surface area (Å²) in [6.45, 7) is -0.0393. The molecule has 2 aromatic heterocycles. The summed E-state index contributed by atoms with van der Waals surface area (Å²) in [6, 6.07) is 0. The van der Waals surface area contributed by atoms with Crippen LogP contribution in [0, 0.1) is 0 Å². The van der Waals surface area contributed by atoms with Crippen LogP contribution in [0.5, 0.6) is 0 Å². The number of hydrogen-bond acceptors (Lipinski definition) is 7. The third-order valence-electron chi connectivity index (χ3n) is 4.02. The standard InChI is InChI=1S/C15H19N5O3S/c1-23-14(22)11-8-20(19-18-11)9-13(21)17-15-16-7-12(24-15)10-5-3-2-4-6-10/h7-8,10H,2-6,9H2,1H3,(H,16,17,21). The number of thiazole rings is 1. The molecule has 1 aliphatic rings. The number of nitrogens with zero attached hydrogens (tertiary/aromatic N) is 4. The lowest BCUT2D eigenvalue weighted by atomic mass is 9.89. The summed E-state index contributed by atoms with van der Waals surface area (Å²) in [5, 5.41) is 10.7. The molecule has 128 valence electrons. The average molecular weight is 349 g/mol. The molecule has 1 fully saturated rings.